The number of nitrogens with zero attached hydrogens (tertiary/aromatic N) is 3. The van der Waals surface area contributed by atoms with Crippen LogP contribution in [0.15, 0.2) is 11.1 Å². The van der Waals surface area contributed by atoms with Gasteiger partial charge >= 0.3 is 0 Å². The first-order valence-corrected chi connectivity index (χ1v) is 5.77. The molecular formula is C10H13N5O4. The first-order valence-electron chi connectivity index (χ1n) is 5.77. The molecule has 0 bridgehead atoms. The first-order chi connectivity index (χ1) is 9.10. The van der Waals surface area contributed by atoms with Crippen molar-refractivity contribution in [1.29, 1.82) is 0 Å². The maximum Gasteiger partial charge on any atom is 0.280 e. The minimum Gasteiger partial charge on any atom is -0.394 e. The lowest BCUT2D eigenvalue weighted by Gasteiger charge is -2.13. The molecule has 19 heavy (non-hydrogen) atoms. The molecular weight excluding hydrogens is 254 g/mol. The predicted molar refractivity (Wildman–Crippen MR) is 64.2 cm³/mol. The highest BCUT2D eigenvalue weighted by Gasteiger charge is 2.35. The van der Waals surface area contributed by atoms with E-state index in [1.807, 2.05) is 0 Å². The second-order valence-electron chi connectivity index (χ2n) is 4.39. The number of aromatic amines is 1. The molecule has 3 heterocycles. The Morgan fingerprint density at radius 2 is 2.42 bits per heavy atom. The summed E-state index contributed by atoms with van der Waals surface area (Å²) in [5.74, 6) is -0.0171. The number of aromatic nitrogens is 4. The zero-order valence-electron chi connectivity index (χ0n) is 9.85. The summed E-state index contributed by atoms with van der Waals surface area (Å²) in [6.45, 7) is -0.277. The number of rotatable bonds is 2. The van der Waals surface area contributed by atoms with Crippen LogP contribution >= 0.6 is 0 Å². The Bertz CT molecular complexity index is 665. The molecule has 102 valence electrons. The zero-order chi connectivity index (χ0) is 13.6. The summed E-state index contributed by atoms with van der Waals surface area (Å²) >= 11 is 0. The summed E-state index contributed by atoms with van der Waals surface area (Å²) in [5.41, 5.74) is 5.50. The lowest BCUT2D eigenvalue weighted by Crippen LogP contribution is -2.24. The van der Waals surface area contributed by atoms with Crippen molar-refractivity contribution in [2.75, 3.05) is 12.3 Å². The Kier molecular flexibility index (Phi) is 2.73. The Hall–Kier alpha value is -1.97. The Balaban J connectivity index is 2.05. The third-order valence-electron chi connectivity index (χ3n) is 3.15. The molecule has 0 radical (unpaired) electrons. The molecule has 0 spiro atoms. The fourth-order valence-corrected chi connectivity index (χ4v) is 2.20. The van der Waals surface area contributed by atoms with Gasteiger partial charge in [0.1, 0.15) is 12.3 Å². The van der Waals surface area contributed by atoms with Gasteiger partial charge in [0.05, 0.1) is 19.0 Å². The number of anilines is 1. The van der Waals surface area contributed by atoms with E-state index in [4.69, 9.17) is 15.6 Å². The van der Waals surface area contributed by atoms with Gasteiger partial charge in [-0.3, -0.25) is 14.3 Å². The summed E-state index contributed by atoms with van der Waals surface area (Å²) in [5, 5.41) is 18.8. The van der Waals surface area contributed by atoms with E-state index in [1.54, 1.807) is 0 Å². The number of fused-ring (bicyclic) bond motifs is 1. The molecule has 1 fully saturated rings. The van der Waals surface area contributed by atoms with Crippen LogP contribution in [0.5, 0.6) is 0 Å². The normalized spacial score (nSPS) is 27.2. The van der Waals surface area contributed by atoms with E-state index in [2.05, 4.69) is 15.0 Å². The van der Waals surface area contributed by atoms with Crippen LogP contribution < -0.4 is 11.3 Å². The van der Waals surface area contributed by atoms with Crippen molar-refractivity contribution in [3.8, 4) is 0 Å². The zero-order valence-corrected chi connectivity index (χ0v) is 9.85. The molecule has 0 saturated carbocycles. The molecule has 0 aromatic carbocycles. The van der Waals surface area contributed by atoms with Gasteiger partial charge in [0, 0.05) is 6.42 Å². The maximum atomic E-state index is 11.6. The van der Waals surface area contributed by atoms with Gasteiger partial charge in [-0.2, -0.15) is 4.98 Å². The van der Waals surface area contributed by atoms with Gasteiger partial charge < -0.3 is 20.7 Å². The molecule has 3 atom stereocenters. The van der Waals surface area contributed by atoms with E-state index in [1.165, 1.54) is 10.9 Å². The largest absolute Gasteiger partial charge is 0.394 e. The number of hydrogen-bond donors (Lipinski definition) is 4. The van der Waals surface area contributed by atoms with Gasteiger partial charge in [0.2, 0.25) is 5.95 Å². The molecule has 9 heteroatoms. The van der Waals surface area contributed by atoms with Crippen LogP contribution in [0.25, 0.3) is 11.2 Å². The van der Waals surface area contributed by atoms with Crippen molar-refractivity contribution in [3.05, 3.63) is 16.7 Å². The topological polar surface area (TPSA) is 139 Å². The first kappa shape index (κ1) is 12.1. The van der Waals surface area contributed by atoms with E-state index in [0.29, 0.717) is 0 Å². The van der Waals surface area contributed by atoms with E-state index < -0.39 is 24.0 Å². The van der Waals surface area contributed by atoms with Crippen molar-refractivity contribution < 1.29 is 14.9 Å². The summed E-state index contributed by atoms with van der Waals surface area (Å²) in [6, 6.07) is 0. The summed E-state index contributed by atoms with van der Waals surface area (Å²) < 4.78 is 7.01. The molecule has 1 saturated heterocycles. The Morgan fingerprint density at radius 3 is 3.11 bits per heavy atom. The number of nitrogen functional groups attached to an aromatic ring is 1. The van der Waals surface area contributed by atoms with Crippen molar-refractivity contribution in [2.45, 2.75) is 24.9 Å². The van der Waals surface area contributed by atoms with Gasteiger partial charge in [-0.15, -0.1) is 0 Å². The third kappa shape index (κ3) is 1.87. The van der Waals surface area contributed by atoms with Crippen LogP contribution in [0.2, 0.25) is 0 Å². The van der Waals surface area contributed by atoms with Crippen LogP contribution in [0.3, 0.4) is 0 Å². The van der Waals surface area contributed by atoms with Gasteiger partial charge in [-0.25, -0.2) is 4.98 Å². The van der Waals surface area contributed by atoms with Crippen molar-refractivity contribution in [1.82, 2.24) is 19.5 Å². The molecule has 2 unspecified atom stereocenters. The van der Waals surface area contributed by atoms with Crippen LogP contribution in [0, 0.1) is 0 Å². The maximum absolute atomic E-state index is 11.6. The molecule has 0 amide bonds. The highest BCUT2D eigenvalue weighted by atomic mass is 16.5. The van der Waals surface area contributed by atoms with Gasteiger partial charge in [-0.1, -0.05) is 0 Å². The number of nitrogens with one attached hydrogen (secondary N) is 1. The van der Waals surface area contributed by atoms with Crippen LogP contribution in [0.1, 0.15) is 12.6 Å². The van der Waals surface area contributed by atoms with Crippen molar-refractivity contribution >= 4 is 17.1 Å². The summed E-state index contributed by atoms with van der Waals surface area (Å²) in [4.78, 5) is 22.0. The number of imidazole rings is 1. The Morgan fingerprint density at radius 1 is 1.63 bits per heavy atom. The average molecular weight is 267 g/mol. The average Bonchev–Trinajstić information content (AvgIpc) is 2.92. The van der Waals surface area contributed by atoms with E-state index in [9.17, 15) is 9.90 Å². The monoisotopic (exact) mass is 267 g/mol. The molecule has 1 aliphatic rings. The number of hydrogen-bond acceptors (Lipinski definition) is 7. The smallest absolute Gasteiger partial charge is 0.280 e. The molecule has 2 aromatic heterocycles. The quantitative estimate of drug-likeness (QED) is 0.510. The molecule has 5 N–H and O–H groups in total. The van der Waals surface area contributed by atoms with Crippen LogP contribution in [-0.4, -0.2) is 48.5 Å². The second kappa shape index (κ2) is 4.30. The van der Waals surface area contributed by atoms with Gasteiger partial charge in [0.15, 0.2) is 11.2 Å². The second-order valence-corrected chi connectivity index (χ2v) is 4.39. The van der Waals surface area contributed by atoms with Crippen molar-refractivity contribution in [2.24, 2.45) is 0 Å². The minimum atomic E-state index is -0.771. The number of aliphatic hydroxyl groups is 2. The minimum absolute atomic E-state index is 0.0171. The number of H-pyrrole nitrogens is 1. The summed E-state index contributed by atoms with van der Waals surface area (Å²) in [7, 11) is 0. The van der Waals surface area contributed by atoms with Gasteiger partial charge in [-0.05, 0) is 0 Å². The lowest BCUT2D eigenvalue weighted by atomic mass is 10.2. The Labute approximate surface area is 106 Å². The molecule has 0 aliphatic carbocycles. The highest BCUT2D eigenvalue weighted by Crippen LogP contribution is 2.30. The molecule has 2 aromatic rings. The van der Waals surface area contributed by atoms with E-state index >= 15 is 0 Å². The fourth-order valence-electron chi connectivity index (χ4n) is 2.20. The lowest BCUT2D eigenvalue weighted by molar-refractivity contribution is -0.0432. The predicted octanol–water partition coefficient (Wildman–Crippen LogP) is -1.66. The molecule has 9 nitrogen and oxygen atoms in total. The molecule has 1 aliphatic heterocycles. The van der Waals surface area contributed by atoms with Gasteiger partial charge in [0.25, 0.3) is 5.56 Å². The van der Waals surface area contributed by atoms with E-state index in [-0.39, 0.29) is 30.1 Å². The summed E-state index contributed by atoms with van der Waals surface area (Å²) in [6.07, 6.45) is -0.270. The van der Waals surface area contributed by atoms with Crippen molar-refractivity contribution in [3.63, 3.8) is 0 Å². The fraction of sp³-hybridized carbons (Fsp3) is 0.500. The number of ether oxygens (including phenoxy) is 1. The SMILES string of the molecule is Nc1nc2c(ncn2[C@@H]2CC(O)C(CO)O2)c(=O)[nH]1. The number of aliphatic hydroxyl groups excluding tert-OH is 2. The molecule has 3 rings (SSSR count). The van der Waals surface area contributed by atoms with Crippen LogP contribution in [-0.2, 0) is 4.74 Å². The van der Waals surface area contributed by atoms with E-state index in [0.717, 1.165) is 0 Å². The highest BCUT2D eigenvalue weighted by molar-refractivity contribution is 5.70. The van der Waals surface area contributed by atoms with Crippen LogP contribution in [0.4, 0.5) is 5.95 Å². The number of nitrogens with two attached hydrogens (primary N) is 1. The third-order valence-corrected chi connectivity index (χ3v) is 3.15. The standard InChI is InChI=1S/C10H13N5O4/c11-10-13-8-7(9(18)14-10)12-3-15(8)6-1-4(17)5(2-16)19-6/h3-6,16-17H,1-2H2,(H3,11,13,14,18)/t4?,5?,6-/m0/s1.